The van der Waals surface area contributed by atoms with Gasteiger partial charge in [0.15, 0.2) is 0 Å². The van der Waals surface area contributed by atoms with E-state index in [-0.39, 0.29) is 0 Å². The van der Waals surface area contributed by atoms with Crippen LogP contribution < -0.4 is 0 Å². The van der Waals surface area contributed by atoms with Gasteiger partial charge < -0.3 is 0 Å². The van der Waals surface area contributed by atoms with Crippen LogP contribution in [-0.4, -0.2) is 0 Å². The zero-order chi connectivity index (χ0) is 11.1. The van der Waals surface area contributed by atoms with Gasteiger partial charge in [0.2, 0.25) is 0 Å². The van der Waals surface area contributed by atoms with E-state index < -0.39 is 0 Å². The zero-order valence-corrected chi connectivity index (χ0v) is 9.08. The first-order chi connectivity index (χ1) is 7.95. The van der Waals surface area contributed by atoms with Crippen LogP contribution in [0.25, 0.3) is 0 Å². The molecular formula is C16H14. The molecule has 0 heterocycles. The van der Waals surface area contributed by atoms with E-state index in [1.54, 1.807) is 0 Å². The first-order valence-corrected chi connectivity index (χ1v) is 5.40. The van der Waals surface area contributed by atoms with E-state index in [4.69, 9.17) is 0 Å². The van der Waals surface area contributed by atoms with Crippen LogP contribution in [0.1, 0.15) is 11.1 Å². The van der Waals surface area contributed by atoms with Crippen LogP contribution in [0.3, 0.4) is 0 Å². The summed E-state index contributed by atoms with van der Waals surface area (Å²) in [6.45, 7) is 0. The molecule has 0 aromatic heterocycles. The summed E-state index contributed by atoms with van der Waals surface area (Å²) in [6, 6.07) is 20.6. The van der Waals surface area contributed by atoms with Crippen LogP contribution in [0.2, 0.25) is 0 Å². The molecule has 2 radical (unpaired) electrons. The maximum absolute atomic E-state index is 2.10. The fourth-order valence-corrected chi connectivity index (χ4v) is 1.46. The summed E-state index contributed by atoms with van der Waals surface area (Å²) in [4.78, 5) is 0. The molecule has 0 saturated heterocycles. The van der Waals surface area contributed by atoms with Crippen molar-refractivity contribution in [1.82, 2.24) is 0 Å². The Bertz CT molecular complexity index is 383. The third-order valence-electron chi connectivity index (χ3n) is 2.29. The van der Waals surface area contributed by atoms with Gasteiger partial charge in [-0.15, -0.1) is 0 Å². The highest BCUT2D eigenvalue weighted by atomic mass is 13.9. The summed E-state index contributed by atoms with van der Waals surface area (Å²) in [6.07, 6.45) is 8.31. The van der Waals surface area contributed by atoms with Crippen LogP contribution >= 0.6 is 0 Å². The molecule has 0 N–H and O–H groups in total. The molecule has 0 heteroatoms. The van der Waals surface area contributed by atoms with Crippen molar-refractivity contribution >= 4 is 0 Å². The molecule has 0 atom stereocenters. The molecule has 0 nitrogen and oxygen atoms in total. The van der Waals surface area contributed by atoms with Crippen molar-refractivity contribution in [1.29, 1.82) is 0 Å². The average molecular weight is 206 g/mol. The van der Waals surface area contributed by atoms with E-state index in [0.717, 1.165) is 0 Å². The standard InChI is InChI=1S/C16H14/c1-3-9-15(10-4-1)13-7-8-14-16-11-5-2-6-12-16/h1-14H. The minimum atomic E-state index is 1.22. The number of allylic oxidation sites excluding steroid dienone is 2. The molecule has 0 aliphatic heterocycles. The van der Waals surface area contributed by atoms with Gasteiger partial charge in [-0.1, -0.05) is 72.8 Å². The van der Waals surface area contributed by atoms with Crippen molar-refractivity contribution in [2.24, 2.45) is 0 Å². The lowest BCUT2D eigenvalue weighted by atomic mass is 10.1. The van der Waals surface area contributed by atoms with Gasteiger partial charge in [0, 0.05) is 12.8 Å². The lowest BCUT2D eigenvalue weighted by Crippen LogP contribution is -1.78. The maximum atomic E-state index is 2.10. The van der Waals surface area contributed by atoms with Crippen LogP contribution in [0.5, 0.6) is 0 Å². The molecule has 0 bridgehead atoms. The molecule has 16 heavy (non-hydrogen) atoms. The predicted molar refractivity (Wildman–Crippen MR) is 68.8 cm³/mol. The van der Waals surface area contributed by atoms with Crippen molar-refractivity contribution in [3.8, 4) is 0 Å². The lowest BCUT2D eigenvalue weighted by molar-refractivity contribution is 1.48. The van der Waals surface area contributed by atoms with Gasteiger partial charge in [0.1, 0.15) is 0 Å². The Morgan fingerprint density at radius 2 is 0.875 bits per heavy atom. The quantitative estimate of drug-likeness (QED) is 0.708. The Hall–Kier alpha value is -1.82. The monoisotopic (exact) mass is 206 g/mol. The second-order valence-corrected chi connectivity index (χ2v) is 3.54. The van der Waals surface area contributed by atoms with Gasteiger partial charge in [-0.3, -0.25) is 0 Å². The van der Waals surface area contributed by atoms with Crippen LogP contribution in [0, 0.1) is 12.8 Å². The number of hydrogen-bond acceptors (Lipinski definition) is 0. The molecular weight excluding hydrogens is 192 g/mol. The van der Waals surface area contributed by atoms with E-state index in [1.807, 2.05) is 36.4 Å². The van der Waals surface area contributed by atoms with Crippen molar-refractivity contribution in [2.45, 2.75) is 0 Å². The van der Waals surface area contributed by atoms with E-state index >= 15 is 0 Å². The molecule has 0 aliphatic carbocycles. The molecule has 0 aliphatic rings. The molecule has 0 amide bonds. The number of rotatable bonds is 4. The Balaban J connectivity index is 1.83. The smallest absolute Gasteiger partial charge is 0.0122 e. The Morgan fingerprint density at radius 1 is 0.500 bits per heavy atom. The van der Waals surface area contributed by atoms with Crippen molar-refractivity contribution in [3.05, 3.63) is 96.8 Å². The van der Waals surface area contributed by atoms with E-state index in [2.05, 4.69) is 49.3 Å². The van der Waals surface area contributed by atoms with Gasteiger partial charge in [-0.25, -0.2) is 0 Å². The first-order valence-electron chi connectivity index (χ1n) is 5.40. The normalized spacial score (nSPS) is 10.8. The Morgan fingerprint density at radius 3 is 1.25 bits per heavy atom. The van der Waals surface area contributed by atoms with Gasteiger partial charge in [-0.05, 0) is 11.1 Å². The van der Waals surface area contributed by atoms with E-state index in [9.17, 15) is 0 Å². The fraction of sp³-hybridized carbons (Fsp3) is 0. The lowest BCUT2D eigenvalue weighted by Gasteiger charge is -1.95. The summed E-state index contributed by atoms with van der Waals surface area (Å²) in [5.41, 5.74) is 2.44. The van der Waals surface area contributed by atoms with Crippen molar-refractivity contribution in [3.63, 3.8) is 0 Å². The predicted octanol–water partition coefficient (Wildman–Crippen LogP) is 4.05. The minimum Gasteiger partial charge on any atom is -0.0794 e. The molecule has 78 valence electrons. The van der Waals surface area contributed by atoms with Crippen LogP contribution in [0.4, 0.5) is 0 Å². The molecule has 0 spiro atoms. The highest BCUT2D eigenvalue weighted by Crippen LogP contribution is 2.05. The molecule has 0 unspecified atom stereocenters. The highest BCUT2D eigenvalue weighted by Gasteiger charge is 1.88. The number of hydrogen-bond donors (Lipinski definition) is 0. The topological polar surface area (TPSA) is 0 Å². The summed E-state index contributed by atoms with van der Waals surface area (Å²) in [7, 11) is 0. The molecule has 0 fully saturated rings. The van der Waals surface area contributed by atoms with Gasteiger partial charge >= 0.3 is 0 Å². The Labute approximate surface area is 97.3 Å². The van der Waals surface area contributed by atoms with Crippen LogP contribution in [-0.2, 0) is 0 Å². The zero-order valence-electron chi connectivity index (χ0n) is 9.08. The van der Waals surface area contributed by atoms with Crippen molar-refractivity contribution in [2.75, 3.05) is 0 Å². The summed E-state index contributed by atoms with van der Waals surface area (Å²) in [5, 5.41) is 0. The average Bonchev–Trinajstić information content (AvgIpc) is 2.37. The second kappa shape index (κ2) is 5.92. The summed E-state index contributed by atoms with van der Waals surface area (Å²) in [5.74, 6) is 0. The number of benzene rings is 2. The largest absolute Gasteiger partial charge is 0.0794 e. The fourth-order valence-electron chi connectivity index (χ4n) is 1.46. The molecule has 0 saturated carbocycles. The van der Waals surface area contributed by atoms with E-state index in [0.29, 0.717) is 0 Å². The second-order valence-electron chi connectivity index (χ2n) is 3.54. The Kier molecular flexibility index (Phi) is 3.95. The SMILES string of the molecule is [CH](C=C[CH]c1ccccc1)c1ccccc1. The van der Waals surface area contributed by atoms with Crippen LogP contribution in [0.15, 0.2) is 72.8 Å². The highest BCUT2D eigenvalue weighted by molar-refractivity contribution is 5.32. The maximum Gasteiger partial charge on any atom is 0.0122 e. The van der Waals surface area contributed by atoms with Gasteiger partial charge in [0.05, 0.1) is 0 Å². The minimum absolute atomic E-state index is 1.22. The van der Waals surface area contributed by atoms with Gasteiger partial charge in [-0.2, -0.15) is 0 Å². The van der Waals surface area contributed by atoms with E-state index in [1.165, 1.54) is 11.1 Å². The summed E-state index contributed by atoms with van der Waals surface area (Å²) >= 11 is 0. The molecule has 2 aromatic rings. The van der Waals surface area contributed by atoms with Gasteiger partial charge in [0.25, 0.3) is 0 Å². The third kappa shape index (κ3) is 3.39. The molecule has 2 rings (SSSR count). The first kappa shape index (κ1) is 10.7. The van der Waals surface area contributed by atoms with Crippen molar-refractivity contribution < 1.29 is 0 Å². The third-order valence-corrected chi connectivity index (χ3v) is 2.29. The summed E-state index contributed by atoms with van der Waals surface area (Å²) < 4.78 is 0. The molecule has 2 aromatic carbocycles.